The SMILES string of the molecule is C#CC(NC(=O)c1ccncc1F)C1CCOCC1. The quantitative estimate of drug-likeness (QED) is 0.837. The van der Waals surface area contributed by atoms with Crippen molar-refractivity contribution in [2.45, 2.75) is 18.9 Å². The standard InChI is InChI=1S/C14H15FN2O2/c1-2-13(10-4-7-19-8-5-10)17-14(18)11-3-6-16-9-12(11)15/h1,3,6,9-10,13H,4-5,7-8H2,(H,17,18). The highest BCUT2D eigenvalue weighted by Gasteiger charge is 2.25. The third-order valence-electron chi connectivity index (χ3n) is 3.22. The number of nitrogens with one attached hydrogen (secondary N) is 1. The largest absolute Gasteiger partial charge is 0.381 e. The van der Waals surface area contributed by atoms with E-state index in [1.165, 1.54) is 12.3 Å². The lowest BCUT2D eigenvalue weighted by Crippen LogP contribution is -2.41. The van der Waals surface area contributed by atoms with Crippen LogP contribution in [-0.4, -0.2) is 30.1 Å². The van der Waals surface area contributed by atoms with Crippen molar-refractivity contribution in [1.29, 1.82) is 0 Å². The topological polar surface area (TPSA) is 51.2 Å². The molecule has 2 heterocycles. The highest BCUT2D eigenvalue weighted by Crippen LogP contribution is 2.19. The van der Waals surface area contributed by atoms with Crippen LogP contribution in [0.1, 0.15) is 23.2 Å². The third-order valence-corrected chi connectivity index (χ3v) is 3.22. The van der Waals surface area contributed by atoms with Gasteiger partial charge in [-0.1, -0.05) is 5.92 Å². The monoisotopic (exact) mass is 262 g/mol. The molecule has 1 aromatic heterocycles. The third kappa shape index (κ3) is 3.30. The van der Waals surface area contributed by atoms with Crippen molar-refractivity contribution < 1.29 is 13.9 Å². The van der Waals surface area contributed by atoms with E-state index in [1.54, 1.807) is 0 Å². The van der Waals surface area contributed by atoms with E-state index in [1.807, 2.05) is 0 Å². The van der Waals surface area contributed by atoms with E-state index in [0.717, 1.165) is 19.0 Å². The van der Waals surface area contributed by atoms with Gasteiger partial charge in [0, 0.05) is 19.4 Å². The zero-order valence-corrected chi connectivity index (χ0v) is 10.4. The summed E-state index contributed by atoms with van der Waals surface area (Å²) >= 11 is 0. The Hall–Kier alpha value is -1.93. The number of ether oxygens (including phenoxy) is 1. The minimum absolute atomic E-state index is 0.0395. The van der Waals surface area contributed by atoms with Gasteiger partial charge in [-0.05, 0) is 24.8 Å². The van der Waals surface area contributed by atoms with Gasteiger partial charge in [0.2, 0.25) is 0 Å². The van der Waals surface area contributed by atoms with Crippen molar-refractivity contribution in [3.8, 4) is 12.3 Å². The van der Waals surface area contributed by atoms with Gasteiger partial charge in [-0.25, -0.2) is 4.39 Å². The molecule has 1 unspecified atom stereocenters. The van der Waals surface area contributed by atoms with Crippen molar-refractivity contribution in [3.63, 3.8) is 0 Å². The average Bonchev–Trinajstić information content (AvgIpc) is 2.46. The van der Waals surface area contributed by atoms with E-state index in [-0.39, 0.29) is 11.5 Å². The molecule has 1 saturated heterocycles. The maximum Gasteiger partial charge on any atom is 0.255 e. The van der Waals surface area contributed by atoms with Crippen LogP contribution in [-0.2, 0) is 4.74 Å². The Morgan fingerprint density at radius 3 is 2.95 bits per heavy atom. The molecule has 0 saturated carbocycles. The van der Waals surface area contributed by atoms with Crippen LogP contribution in [0.3, 0.4) is 0 Å². The van der Waals surface area contributed by atoms with Gasteiger partial charge in [-0.2, -0.15) is 0 Å². The number of carbonyl (C=O) groups is 1. The minimum atomic E-state index is -0.650. The molecule has 4 nitrogen and oxygen atoms in total. The maximum absolute atomic E-state index is 13.4. The first kappa shape index (κ1) is 13.5. The number of hydrogen-bond acceptors (Lipinski definition) is 3. The number of terminal acetylenes is 1. The molecule has 0 bridgehead atoms. The van der Waals surface area contributed by atoms with Crippen LogP contribution < -0.4 is 5.32 Å². The van der Waals surface area contributed by atoms with Crippen LogP contribution in [0.25, 0.3) is 0 Å². The molecule has 0 spiro atoms. The first-order valence-corrected chi connectivity index (χ1v) is 6.16. The van der Waals surface area contributed by atoms with Crippen LogP contribution in [0.2, 0.25) is 0 Å². The van der Waals surface area contributed by atoms with Crippen molar-refractivity contribution in [1.82, 2.24) is 10.3 Å². The summed E-state index contributed by atoms with van der Waals surface area (Å²) in [6.07, 6.45) is 9.44. The smallest absolute Gasteiger partial charge is 0.255 e. The molecule has 1 fully saturated rings. The summed E-state index contributed by atoms with van der Waals surface area (Å²) in [5.41, 5.74) is -0.0395. The molecule has 1 aromatic rings. The van der Waals surface area contributed by atoms with Gasteiger partial charge in [0.05, 0.1) is 17.8 Å². The van der Waals surface area contributed by atoms with Gasteiger partial charge in [0.1, 0.15) is 0 Å². The van der Waals surface area contributed by atoms with E-state index in [9.17, 15) is 9.18 Å². The van der Waals surface area contributed by atoms with E-state index < -0.39 is 17.8 Å². The van der Waals surface area contributed by atoms with Crippen molar-refractivity contribution >= 4 is 5.91 Å². The van der Waals surface area contributed by atoms with E-state index >= 15 is 0 Å². The van der Waals surface area contributed by atoms with E-state index in [4.69, 9.17) is 11.2 Å². The van der Waals surface area contributed by atoms with Crippen LogP contribution >= 0.6 is 0 Å². The van der Waals surface area contributed by atoms with Gasteiger partial charge < -0.3 is 10.1 Å². The van der Waals surface area contributed by atoms with Crippen LogP contribution in [0, 0.1) is 24.1 Å². The van der Waals surface area contributed by atoms with Crippen LogP contribution in [0.4, 0.5) is 4.39 Å². The highest BCUT2D eigenvalue weighted by atomic mass is 19.1. The molecule has 0 radical (unpaired) electrons. The number of pyridine rings is 1. The Labute approximate surface area is 111 Å². The average molecular weight is 262 g/mol. The van der Waals surface area contributed by atoms with Crippen molar-refractivity contribution in [2.24, 2.45) is 5.92 Å². The van der Waals surface area contributed by atoms with Gasteiger partial charge in [-0.3, -0.25) is 9.78 Å². The Bertz CT molecular complexity index is 492. The lowest BCUT2D eigenvalue weighted by molar-refractivity contribution is 0.0579. The molecule has 1 atom stereocenters. The number of aromatic nitrogens is 1. The molecular weight excluding hydrogens is 247 g/mol. The molecule has 0 aliphatic carbocycles. The summed E-state index contributed by atoms with van der Waals surface area (Å²) in [4.78, 5) is 15.6. The van der Waals surface area contributed by atoms with Gasteiger partial charge >= 0.3 is 0 Å². The predicted molar refractivity (Wildman–Crippen MR) is 67.8 cm³/mol. The highest BCUT2D eigenvalue weighted by molar-refractivity contribution is 5.94. The zero-order chi connectivity index (χ0) is 13.7. The molecular formula is C14H15FN2O2. The Morgan fingerprint density at radius 1 is 1.58 bits per heavy atom. The number of amides is 1. The minimum Gasteiger partial charge on any atom is -0.381 e. The molecule has 1 amide bonds. The summed E-state index contributed by atoms with van der Waals surface area (Å²) in [6.45, 7) is 1.28. The second kappa shape index (κ2) is 6.30. The predicted octanol–water partition coefficient (Wildman–Crippen LogP) is 1.38. The fraction of sp³-hybridized carbons (Fsp3) is 0.429. The first-order chi connectivity index (χ1) is 9.22. The normalized spacial score (nSPS) is 17.5. The van der Waals surface area contributed by atoms with Gasteiger partial charge in [0.25, 0.3) is 5.91 Å². The number of carbonyl (C=O) groups excluding carboxylic acids is 1. The number of nitrogens with zero attached hydrogens (tertiary/aromatic N) is 1. The molecule has 100 valence electrons. The number of halogens is 1. The lowest BCUT2D eigenvalue weighted by Gasteiger charge is -2.27. The molecule has 1 N–H and O–H groups in total. The lowest BCUT2D eigenvalue weighted by atomic mass is 9.92. The van der Waals surface area contributed by atoms with Crippen LogP contribution in [0.15, 0.2) is 18.5 Å². The summed E-state index contributed by atoms with van der Waals surface area (Å²) in [6, 6.07) is 0.936. The van der Waals surface area contributed by atoms with Crippen LogP contribution in [0.5, 0.6) is 0 Å². The first-order valence-electron chi connectivity index (χ1n) is 6.16. The van der Waals surface area contributed by atoms with E-state index in [0.29, 0.717) is 13.2 Å². The van der Waals surface area contributed by atoms with Crippen molar-refractivity contribution in [2.75, 3.05) is 13.2 Å². The number of rotatable bonds is 3. The summed E-state index contributed by atoms with van der Waals surface area (Å²) in [7, 11) is 0. The molecule has 5 heteroatoms. The molecule has 1 aliphatic rings. The Balaban J connectivity index is 2.04. The Kier molecular flexibility index (Phi) is 4.48. The zero-order valence-electron chi connectivity index (χ0n) is 10.4. The molecule has 19 heavy (non-hydrogen) atoms. The molecule has 0 aromatic carbocycles. The van der Waals surface area contributed by atoms with Gasteiger partial charge in [0.15, 0.2) is 5.82 Å². The van der Waals surface area contributed by atoms with E-state index in [2.05, 4.69) is 16.2 Å². The fourth-order valence-electron chi connectivity index (χ4n) is 2.12. The second-order valence-corrected chi connectivity index (χ2v) is 4.42. The summed E-state index contributed by atoms with van der Waals surface area (Å²) in [5.74, 6) is 1.58. The fourth-order valence-corrected chi connectivity index (χ4v) is 2.12. The van der Waals surface area contributed by atoms with Gasteiger partial charge in [-0.15, -0.1) is 6.42 Å². The second-order valence-electron chi connectivity index (χ2n) is 4.42. The number of hydrogen-bond donors (Lipinski definition) is 1. The van der Waals surface area contributed by atoms with Crippen molar-refractivity contribution in [3.05, 3.63) is 29.8 Å². The summed E-state index contributed by atoms with van der Waals surface area (Å²) in [5, 5.41) is 2.70. The molecule has 2 rings (SSSR count). The summed E-state index contributed by atoms with van der Waals surface area (Å²) < 4.78 is 18.7. The Morgan fingerprint density at radius 2 is 2.32 bits per heavy atom. The maximum atomic E-state index is 13.4. The molecule has 1 aliphatic heterocycles.